The Morgan fingerprint density at radius 1 is 1.29 bits per heavy atom. The molecule has 1 aromatic heterocycles. The third kappa shape index (κ3) is 2.87. The molecular weight excluding hydrogens is 258 g/mol. The Kier molecular flexibility index (Phi) is 4.34. The molecule has 1 aromatic carbocycles. The van der Waals surface area contributed by atoms with Crippen molar-refractivity contribution in [3.05, 3.63) is 35.6 Å². The van der Waals surface area contributed by atoms with Gasteiger partial charge < -0.3 is 9.73 Å². The first-order chi connectivity index (χ1) is 10.2. The summed E-state index contributed by atoms with van der Waals surface area (Å²) in [6.07, 6.45) is 5.35. The molecule has 3 unspecified atom stereocenters. The molecule has 1 saturated carbocycles. The summed E-state index contributed by atoms with van der Waals surface area (Å²) in [5, 5.41) is 4.91. The lowest BCUT2D eigenvalue weighted by molar-refractivity contribution is 0.315. The van der Waals surface area contributed by atoms with Crippen LogP contribution in [-0.2, 0) is 0 Å². The minimum atomic E-state index is 0.373. The smallest absolute Gasteiger partial charge is 0.137 e. The molecule has 0 bridgehead atoms. The Balaban J connectivity index is 1.90. The highest BCUT2D eigenvalue weighted by Gasteiger charge is 2.32. The van der Waals surface area contributed by atoms with Crippen molar-refractivity contribution >= 4 is 11.0 Å². The first-order valence-corrected chi connectivity index (χ1v) is 8.45. The van der Waals surface area contributed by atoms with Gasteiger partial charge >= 0.3 is 0 Å². The van der Waals surface area contributed by atoms with Gasteiger partial charge in [0.2, 0.25) is 0 Å². The van der Waals surface area contributed by atoms with Gasteiger partial charge in [-0.1, -0.05) is 44.9 Å². The van der Waals surface area contributed by atoms with Crippen molar-refractivity contribution in [1.29, 1.82) is 0 Å². The van der Waals surface area contributed by atoms with Gasteiger partial charge in [0.25, 0.3) is 0 Å². The van der Waals surface area contributed by atoms with E-state index >= 15 is 0 Å². The van der Waals surface area contributed by atoms with Crippen LogP contribution in [0.2, 0.25) is 0 Å². The molecule has 2 nitrogen and oxygen atoms in total. The standard InChI is InChI=1S/C19H27NO/c1-4-14-9-10-15(11-14)18(20-5-2)17-12-16-8-6-7-13(3)19(16)21-17/h6-8,12,14-15,18,20H,4-5,9-11H2,1-3H3. The van der Waals surface area contributed by atoms with Crippen LogP contribution < -0.4 is 5.32 Å². The fourth-order valence-corrected chi connectivity index (χ4v) is 3.89. The number of rotatable bonds is 5. The van der Waals surface area contributed by atoms with Crippen LogP contribution in [-0.4, -0.2) is 6.54 Å². The van der Waals surface area contributed by atoms with E-state index in [2.05, 4.69) is 50.4 Å². The molecule has 0 radical (unpaired) electrons. The van der Waals surface area contributed by atoms with Gasteiger partial charge in [0, 0.05) is 5.39 Å². The Labute approximate surface area is 127 Å². The van der Waals surface area contributed by atoms with E-state index in [9.17, 15) is 0 Å². The molecule has 21 heavy (non-hydrogen) atoms. The molecule has 0 saturated heterocycles. The van der Waals surface area contributed by atoms with Crippen LogP contribution in [0.4, 0.5) is 0 Å². The number of fused-ring (bicyclic) bond motifs is 1. The lowest BCUT2D eigenvalue weighted by Gasteiger charge is -2.22. The third-order valence-corrected chi connectivity index (χ3v) is 5.12. The van der Waals surface area contributed by atoms with E-state index in [-0.39, 0.29) is 0 Å². The zero-order valence-electron chi connectivity index (χ0n) is 13.5. The Morgan fingerprint density at radius 3 is 2.81 bits per heavy atom. The van der Waals surface area contributed by atoms with Crippen molar-refractivity contribution in [3.8, 4) is 0 Å². The van der Waals surface area contributed by atoms with E-state index in [0.29, 0.717) is 6.04 Å². The van der Waals surface area contributed by atoms with Crippen molar-refractivity contribution in [1.82, 2.24) is 5.32 Å². The third-order valence-electron chi connectivity index (χ3n) is 5.12. The molecule has 0 aliphatic heterocycles. The monoisotopic (exact) mass is 285 g/mol. The summed E-state index contributed by atoms with van der Waals surface area (Å²) in [5.41, 5.74) is 2.28. The average Bonchev–Trinajstić information content (AvgIpc) is 3.12. The lowest BCUT2D eigenvalue weighted by Crippen LogP contribution is -2.26. The van der Waals surface area contributed by atoms with Crippen LogP contribution in [0.25, 0.3) is 11.0 Å². The quantitative estimate of drug-likeness (QED) is 0.815. The minimum absolute atomic E-state index is 0.373. The minimum Gasteiger partial charge on any atom is -0.459 e. The lowest BCUT2D eigenvalue weighted by atomic mass is 9.94. The Bertz CT molecular complexity index is 601. The van der Waals surface area contributed by atoms with Gasteiger partial charge in [-0.15, -0.1) is 0 Å². The van der Waals surface area contributed by atoms with Crippen molar-refractivity contribution < 1.29 is 4.42 Å². The van der Waals surface area contributed by atoms with Crippen LogP contribution >= 0.6 is 0 Å². The Morgan fingerprint density at radius 2 is 2.14 bits per heavy atom. The maximum Gasteiger partial charge on any atom is 0.137 e. The van der Waals surface area contributed by atoms with Crippen LogP contribution in [0.15, 0.2) is 28.7 Å². The molecule has 1 heterocycles. The fraction of sp³-hybridized carbons (Fsp3) is 0.579. The van der Waals surface area contributed by atoms with Gasteiger partial charge in [-0.2, -0.15) is 0 Å². The first-order valence-electron chi connectivity index (χ1n) is 8.45. The second kappa shape index (κ2) is 6.23. The second-order valence-electron chi connectivity index (χ2n) is 6.52. The summed E-state index contributed by atoms with van der Waals surface area (Å²) in [5.74, 6) is 2.75. The van der Waals surface area contributed by atoms with E-state index < -0.39 is 0 Å². The van der Waals surface area contributed by atoms with E-state index in [1.807, 2.05) is 0 Å². The van der Waals surface area contributed by atoms with Gasteiger partial charge in [0.1, 0.15) is 11.3 Å². The van der Waals surface area contributed by atoms with E-state index in [1.54, 1.807) is 0 Å². The predicted molar refractivity (Wildman–Crippen MR) is 88.5 cm³/mol. The number of hydrogen-bond donors (Lipinski definition) is 1. The highest BCUT2D eigenvalue weighted by Crippen LogP contribution is 2.41. The number of nitrogens with one attached hydrogen (secondary N) is 1. The summed E-state index contributed by atoms with van der Waals surface area (Å²) in [7, 11) is 0. The number of benzene rings is 1. The molecule has 114 valence electrons. The van der Waals surface area contributed by atoms with Crippen molar-refractivity contribution in [2.45, 2.75) is 52.5 Å². The van der Waals surface area contributed by atoms with Crippen molar-refractivity contribution in [2.24, 2.45) is 11.8 Å². The normalized spacial score (nSPS) is 23.8. The molecule has 2 aromatic rings. The van der Waals surface area contributed by atoms with Crippen LogP contribution in [0.3, 0.4) is 0 Å². The number of aryl methyl sites for hydroxylation is 1. The van der Waals surface area contributed by atoms with Crippen molar-refractivity contribution in [2.75, 3.05) is 6.54 Å². The Hall–Kier alpha value is -1.28. The molecule has 1 fully saturated rings. The average molecular weight is 285 g/mol. The molecule has 0 spiro atoms. The summed E-state index contributed by atoms with van der Waals surface area (Å²) >= 11 is 0. The van der Waals surface area contributed by atoms with E-state index in [1.165, 1.54) is 36.6 Å². The van der Waals surface area contributed by atoms with Gasteiger partial charge in [-0.3, -0.25) is 0 Å². The topological polar surface area (TPSA) is 25.2 Å². The molecule has 1 N–H and O–H groups in total. The molecule has 3 atom stereocenters. The van der Waals surface area contributed by atoms with Gasteiger partial charge in [0.05, 0.1) is 6.04 Å². The highest BCUT2D eigenvalue weighted by molar-refractivity contribution is 5.81. The van der Waals surface area contributed by atoms with Crippen molar-refractivity contribution in [3.63, 3.8) is 0 Å². The van der Waals surface area contributed by atoms with E-state index in [4.69, 9.17) is 4.42 Å². The zero-order chi connectivity index (χ0) is 14.8. The van der Waals surface area contributed by atoms with Crippen LogP contribution in [0.1, 0.15) is 56.9 Å². The maximum absolute atomic E-state index is 6.23. The number of para-hydroxylation sites is 1. The van der Waals surface area contributed by atoms with Gasteiger partial charge in [-0.05, 0) is 49.8 Å². The molecule has 3 rings (SSSR count). The summed E-state index contributed by atoms with van der Waals surface area (Å²) in [6, 6.07) is 9.01. The zero-order valence-corrected chi connectivity index (χ0v) is 13.5. The van der Waals surface area contributed by atoms with E-state index in [0.717, 1.165) is 29.7 Å². The second-order valence-corrected chi connectivity index (χ2v) is 6.52. The molecule has 0 amide bonds. The first kappa shape index (κ1) is 14.6. The van der Waals surface area contributed by atoms with Crippen LogP contribution in [0.5, 0.6) is 0 Å². The maximum atomic E-state index is 6.23. The number of furan rings is 1. The summed E-state index contributed by atoms with van der Waals surface area (Å²) in [6.45, 7) is 7.63. The molecule has 2 heteroatoms. The van der Waals surface area contributed by atoms with Crippen LogP contribution in [0, 0.1) is 18.8 Å². The summed E-state index contributed by atoms with van der Waals surface area (Å²) < 4.78 is 6.23. The molecule has 1 aliphatic rings. The predicted octanol–water partition coefficient (Wildman–Crippen LogP) is 5.22. The molecular formula is C19H27NO. The van der Waals surface area contributed by atoms with Gasteiger partial charge in [0.15, 0.2) is 0 Å². The number of hydrogen-bond acceptors (Lipinski definition) is 2. The van der Waals surface area contributed by atoms with Gasteiger partial charge in [-0.25, -0.2) is 0 Å². The summed E-state index contributed by atoms with van der Waals surface area (Å²) in [4.78, 5) is 0. The highest BCUT2D eigenvalue weighted by atomic mass is 16.3. The fourth-order valence-electron chi connectivity index (χ4n) is 3.89. The molecule has 1 aliphatic carbocycles. The SMILES string of the molecule is CCNC(c1cc2cccc(C)c2o1)C1CCC(CC)C1. The largest absolute Gasteiger partial charge is 0.459 e.